The predicted molar refractivity (Wildman–Crippen MR) is 240 cm³/mol. The second-order valence-electron chi connectivity index (χ2n) is 17.6. The minimum absolute atomic E-state index is 0.0268. The number of hydrogen-bond donors (Lipinski definition) is 2. The molecule has 2 aromatic carbocycles. The molecule has 1 aliphatic heterocycles. The number of esters is 1. The van der Waals surface area contributed by atoms with Crippen LogP contribution in [0.5, 0.6) is 0 Å². The highest BCUT2D eigenvalue weighted by Gasteiger charge is 2.46. The molecule has 2 N–H and O–H groups in total. The number of alkyl halides is 1. The third-order valence-corrected chi connectivity index (χ3v) is 12.4. The van der Waals surface area contributed by atoms with Gasteiger partial charge < -0.3 is 39.4 Å². The average Bonchev–Trinajstić information content (AvgIpc) is 3.67. The second-order valence-corrected chi connectivity index (χ2v) is 17.6. The lowest BCUT2D eigenvalue weighted by atomic mass is 9.89. The molecule has 10 atom stereocenters. The molecule has 16 heteroatoms. The Labute approximate surface area is 379 Å². The summed E-state index contributed by atoms with van der Waals surface area (Å²) in [6, 6.07) is 13.9. The molecule has 3 rings (SSSR count). The highest BCUT2D eigenvalue weighted by atomic mass is 19.1. The molecule has 0 radical (unpaired) electrons. The minimum Gasteiger partial charge on any atom is -0.467 e. The molecule has 2 aromatic rings. The van der Waals surface area contributed by atoms with Crippen molar-refractivity contribution < 1.29 is 52.1 Å². The van der Waals surface area contributed by atoms with Crippen LogP contribution in [0.15, 0.2) is 60.7 Å². The van der Waals surface area contributed by atoms with Crippen molar-refractivity contribution in [1.29, 1.82) is 0 Å². The van der Waals surface area contributed by atoms with Crippen LogP contribution in [0.25, 0.3) is 0 Å². The van der Waals surface area contributed by atoms with Crippen LogP contribution < -0.4 is 10.6 Å². The van der Waals surface area contributed by atoms with E-state index in [4.69, 9.17) is 18.9 Å². The lowest BCUT2D eigenvalue weighted by Crippen LogP contribution is -2.60. The molecular formula is C48H72FN5O10. The van der Waals surface area contributed by atoms with E-state index in [1.807, 2.05) is 88.4 Å². The smallest absolute Gasteiger partial charge is 0.410 e. The topological polar surface area (TPSA) is 173 Å². The van der Waals surface area contributed by atoms with Crippen LogP contribution >= 0.6 is 0 Å². The molecule has 0 aliphatic carbocycles. The van der Waals surface area contributed by atoms with E-state index < -0.39 is 90.2 Å². The van der Waals surface area contributed by atoms with Crippen molar-refractivity contribution in [3.05, 3.63) is 71.8 Å². The summed E-state index contributed by atoms with van der Waals surface area (Å²) in [5.74, 6) is -4.36. The van der Waals surface area contributed by atoms with Crippen molar-refractivity contribution in [1.82, 2.24) is 25.3 Å². The maximum atomic E-state index is 15.4. The first-order valence-corrected chi connectivity index (χ1v) is 22.2. The maximum absolute atomic E-state index is 15.4. The van der Waals surface area contributed by atoms with E-state index in [1.54, 1.807) is 27.8 Å². The summed E-state index contributed by atoms with van der Waals surface area (Å²) in [5.41, 5.74) is 1.60. The number of carbonyl (C=O) groups excluding carboxylic acids is 6. The number of ether oxygens (including phenoxy) is 4. The first kappa shape index (κ1) is 53.2. The Morgan fingerprint density at radius 3 is 1.91 bits per heavy atom. The van der Waals surface area contributed by atoms with Gasteiger partial charge in [-0.25, -0.2) is 14.0 Å². The summed E-state index contributed by atoms with van der Waals surface area (Å²) in [5, 5.41) is 5.69. The number of rotatable bonds is 23. The molecular weight excluding hydrogens is 826 g/mol. The number of likely N-dealkylation sites (tertiary alicyclic amines) is 1. The Morgan fingerprint density at radius 2 is 1.39 bits per heavy atom. The van der Waals surface area contributed by atoms with Crippen LogP contribution in [0, 0.1) is 23.7 Å². The lowest BCUT2D eigenvalue weighted by Gasteiger charge is -2.41. The zero-order valence-corrected chi connectivity index (χ0v) is 39.7. The first-order valence-electron chi connectivity index (χ1n) is 22.2. The van der Waals surface area contributed by atoms with Gasteiger partial charge in [0.2, 0.25) is 23.6 Å². The molecule has 356 valence electrons. The highest BCUT2D eigenvalue weighted by Crippen LogP contribution is 2.31. The number of nitrogens with zero attached hydrogens (tertiary/aromatic N) is 3. The standard InChI is InChI=1S/C48H72FN5O10/c1-13-31(6)42(52(8)46(58)40(29(2)3)51-45(57)41(30(4)5)53(9)48(60)64-28-34-22-18-15-19-23-34)38(61-10)26-39(55)54-27-35(49)25-37(54)43(62-11)32(7)44(56)50-36(47(59)63-12)24-33-20-16-14-17-21-33/h14-23,29-32,35-38,40-43H,13,24-28H2,1-12H3,(H,50,56)(H,51,57)/t31-,32+,35-,36-,37-,38+,40-,41-,42-,43+/m0/s1. The fraction of sp³-hybridized carbons (Fsp3) is 0.625. The van der Waals surface area contributed by atoms with Gasteiger partial charge in [0.25, 0.3) is 0 Å². The van der Waals surface area contributed by atoms with E-state index >= 15 is 4.39 Å². The van der Waals surface area contributed by atoms with Crippen LogP contribution in [0.2, 0.25) is 0 Å². The zero-order valence-electron chi connectivity index (χ0n) is 39.7. The van der Waals surface area contributed by atoms with Gasteiger partial charge >= 0.3 is 12.1 Å². The molecule has 0 bridgehead atoms. The molecule has 0 spiro atoms. The maximum Gasteiger partial charge on any atom is 0.410 e. The number of amides is 5. The average molecular weight is 898 g/mol. The van der Waals surface area contributed by atoms with Gasteiger partial charge in [-0.05, 0) is 28.9 Å². The number of nitrogens with one attached hydrogen (secondary N) is 2. The van der Waals surface area contributed by atoms with Crippen LogP contribution in [-0.2, 0) is 55.9 Å². The molecule has 0 unspecified atom stereocenters. The monoisotopic (exact) mass is 898 g/mol. The van der Waals surface area contributed by atoms with Crippen molar-refractivity contribution >= 4 is 35.7 Å². The zero-order chi connectivity index (χ0) is 47.8. The van der Waals surface area contributed by atoms with Crippen molar-refractivity contribution in [2.24, 2.45) is 23.7 Å². The number of likely N-dealkylation sites (N-methyl/N-ethyl adjacent to an activating group) is 2. The SMILES string of the molecule is CC[C@H](C)[C@@H]([C@@H](CC(=O)N1C[C@@H](F)C[C@H]1[C@H](OC)[C@@H](C)C(=O)N[C@@H](Cc1ccccc1)C(=O)OC)OC)N(C)C(=O)[C@@H](NC(=O)[C@H](C(C)C)N(C)C(=O)OCc1ccccc1)C(C)C. The molecule has 1 fully saturated rings. The summed E-state index contributed by atoms with van der Waals surface area (Å²) >= 11 is 0. The van der Waals surface area contributed by atoms with Crippen LogP contribution in [0.1, 0.15) is 78.9 Å². The van der Waals surface area contributed by atoms with E-state index in [2.05, 4.69) is 10.6 Å². The Bertz CT molecular complexity index is 1820. The van der Waals surface area contributed by atoms with Crippen molar-refractivity contribution in [2.45, 2.75) is 129 Å². The Balaban J connectivity index is 1.80. The lowest BCUT2D eigenvalue weighted by molar-refractivity contribution is -0.149. The Morgan fingerprint density at radius 1 is 0.797 bits per heavy atom. The number of hydrogen-bond acceptors (Lipinski definition) is 10. The van der Waals surface area contributed by atoms with Crippen LogP contribution in [0.3, 0.4) is 0 Å². The van der Waals surface area contributed by atoms with E-state index in [1.165, 1.54) is 43.1 Å². The number of carbonyl (C=O) groups is 6. The first-order chi connectivity index (χ1) is 30.3. The molecule has 1 saturated heterocycles. The van der Waals surface area contributed by atoms with Crippen LogP contribution in [-0.4, -0.2) is 141 Å². The second kappa shape index (κ2) is 25.4. The van der Waals surface area contributed by atoms with E-state index in [0.29, 0.717) is 6.42 Å². The van der Waals surface area contributed by atoms with Gasteiger partial charge in [-0.1, -0.05) is 116 Å². The summed E-state index contributed by atoms with van der Waals surface area (Å²) < 4.78 is 37.7. The number of methoxy groups -OCH3 is 3. The molecule has 0 saturated carbocycles. The molecule has 64 heavy (non-hydrogen) atoms. The quantitative estimate of drug-likeness (QED) is 0.142. The van der Waals surface area contributed by atoms with E-state index in [9.17, 15) is 28.8 Å². The molecule has 1 heterocycles. The summed E-state index contributed by atoms with van der Waals surface area (Å²) in [6.07, 6.45) is -3.39. The molecule has 15 nitrogen and oxygen atoms in total. The van der Waals surface area contributed by atoms with Gasteiger partial charge in [-0.15, -0.1) is 0 Å². The van der Waals surface area contributed by atoms with Crippen molar-refractivity contribution in [2.75, 3.05) is 42.0 Å². The Kier molecular flexibility index (Phi) is 21.1. The third-order valence-electron chi connectivity index (χ3n) is 12.4. The van der Waals surface area contributed by atoms with E-state index in [0.717, 1.165) is 11.1 Å². The van der Waals surface area contributed by atoms with Gasteiger partial charge in [0, 0.05) is 41.2 Å². The summed E-state index contributed by atoms with van der Waals surface area (Å²) in [6.45, 7) is 12.5. The van der Waals surface area contributed by atoms with Gasteiger partial charge in [-0.2, -0.15) is 0 Å². The number of benzene rings is 2. The molecule has 1 aliphatic rings. The minimum atomic E-state index is -1.40. The third kappa shape index (κ3) is 14.2. The van der Waals surface area contributed by atoms with Crippen molar-refractivity contribution in [3.63, 3.8) is 0 Å². The summed E-state index contributed by atoms with van der Waals surface area (Å²) in [7, 11) is 7.18. The number of halogens is 1. The fourth-order valence-electron chi connectivity index (χ4n) is 8.59. The van der Waals surface area contributed by atoms with Crippen LogP contribution in [0.4, 0.5) is 9.18 Å². The van der Waals surface area contributed by atoms with Gasteiger partial charge in [0.05, 0.1) is 50.3 Å². The van der Waals surface area contributed by atoms with Gasteiger partial charge in [-0.3, -0.25) is 24.1 Å². The fourth-order valence-corrected chi connectivity index (χ4v) is 8.59. The Hall–Kier alpha value is -5.09. The summed E-state index contributed by atoms with van der Waals surface area (Å²) in [4.78, 5) is 86.6. The van der Waals surface area contributed by atoms with Crippen molar-refractivity contribution in [3.8, 4) is 0 Å². The van der Waals surface area contributed by atoms with Gasteiger partial charge in [0.1, 0.15) is 30.9 Å². The molecule has 0 aromatic heterocycles. The van der Waals surface area contributed by atoms with E-state index in [-0.39, 0.29) is 50.2 Å². The largest absolute Gasteiger partial charge is 0.467 e. The van der Waals surface area contributed by atoms with Gasteiger partial charge in [0.15, 0.2) is 0 Å². The highest BCUT2D eigenvalue weighted by molar-refractivity contribution is 5.92. The molecule has 5 amide bonds. The predicted octanol–water partition coefficient (Wildman–Crippen LogP) is 5.19. The normalized spacial score (nSPS) is 18.8.